The fourth-order valence-corrected chi connectivity index (χ4v) is 3.25. The van der Waals surface area contributed by atoms with Crippen molar-refractivity contribution in [1.29, 1.82) is 0 Å². The maximum atomic E-state index is 10.6. The first kappa shape index (κ1) is 23.0. The molecule has 0 aliphatic carbocycles. The predicted octanol–water partition coefficient (Wildman–Crippen LogP) is 4.30. The molecule has 160 valence electrons. The van der Waals surface area contributed by atoms with Gasteiger partial charge in [-0.2, -0.15) is 0 Å². The molecule has 0 amide bonds. The number of aryl methyl sites for hydroxylation is 1. The van der Waals surface area contributed by atoms with Crippen LogP contribution in [0.25, 0.3) is 0 Å². The second-order valence-electron chi connectivity index (χ2n) is 7.80. The smallest absolute Gasteiger partial charge is 0.165 e. The Morgan fingerprint density at radius 1 is 0.966 bits per heavy atom. The highest BCUT2D eigenvalue weighted by Gasteiger charge is 2.17. The van der Waals surface area contributed by atoms with Gasteiger partial charge in [0, 0.05) is 18.7 Å². The third kappa shape index (κ3) is 7.26. The van der Waals surface area contributed by atoms with E-state index in [1.807, 2.05) is 49.4 Å². The van der Waals surface area contributed by atoms with Gasteiger partial charge < -0.3 is 19.3 Å². The van der Waals surface area contributed by atoms with E-state index in [1.54, 1.807) is 14.2 Å². The number of para-hydroxylation sites is 2. The summed E-state index contributed by atoms with van der Waals surface area (Å²) >= 11 is 0. The van der Waals surface area contributed by atoms with Gasteiger partial charge in [0.1, 0.15) is 18.5 Å². The Bertz CT molecular complexity index is 747. The first-order valence-corrected chi connectivity index (χ1v) is 10.2. The maximum Gasteiger partial charge on any atom is 0.165 e. The number of benzene rings is 2. The number of methoxy groups -OCH3 is 2. The van der Waals surface area contributed by atoms with Gasteiger partial charge in [-0.1, -0.05) is 44.2 Å². The number of aliphatic hydroxyl groups excluding tert-OH is 1. The van der Waals surface area contributed by atoms with Crippen molar-refractivity contribution in [3.8, 4) is 17.2 Å². The molecule has 2 aromatic carbocycles. The maximum absolute atomic E-state index is 10.6. The van der Waals surface area contributed by atoms with Crippen molar-refractivity contribution in [2.24, 2.45) is 5.92 Å². The Hall–Kier alpha value is -2.24. The molecule has 5 nitrogen and oxygen atoms in total. The van der Waals surface area contributed by atoms with Gasteiger partial charge in [-0.05, 0) is 43.5 Å². The third-order valence-corrected chi connectivity index (χ3v) is 4.89. The van der Waals surface area contributed by atoms with Crippen molar-refractivity contribution < 1.29 is 19.3 Å². The molecular weight excluding hydrogens is 366 g/mol. The molecule has 1 atom stereocenters. The minimum Gasteiger partial charge on any atom is -0.493 e. The molecule has 0 saturated heterocycles. The quantitative estimate of drug-likeness (QED) is 0.575. The summed E-state index contributed by atoms with van der Waals surface area (Å²) < 4.78 is 16.8. The summed E-state index contributed by atoms with van der Waals surface area (Å²) in [6, 6.07) is 13.8. The van der Waals surface area contributed by atoms with Crippen LogP contribution in [0.2, 0.25) is 0 Å². The molecule has 2 rings (SSSR count). The Morgan fingerprint density at radius 2 is 1.69 bits per heavy atom. The minimum atomic E-state index is -0.585. The van der Waals surface area contributed by atoms with E-state index in [1.165, 1.54) is 0 Å². The van der Waals surface area contributed by atoms with Gasteiger partial charge in [0.25, 0.3) is 0 Å². The van der Waals surface area contributed by atoms with Crippen LogP contribution in [-0.2, 0) is 6.54 Å². The Kier molecular flexibility index (Phi) is 9.29. The summed E-state index contributed by atoms with van der Waals surface area (Å²) in [6.45, 7) is 8.78. The first-order chi connectivity index (χ1) is 13.9. The van der Waals surface area contributed by atoms with E-state index in [0.29, 0.717) is 19.0 Å². The Balaban J connectivity index is 2.05. The van der Waals surface area contributed by atoms with Crippen LogP contribution < -0.4 is 14.2 Å². The SMILES string of the molecule is COc1cccc(CN(CCC(C)C)C[C@H](O)COc2ccccc2C)c1OC. The van der Waals surface area contributed by atoms with E-state index in [2.05, 4.69) is 18.7 Å². The monoisotopic (exact) mass is 401 g/mol. The number of hydrogen-bond acceptors (Lipinski definition) is 5. The summed E-state index contributed by atoms with van der Waals surface area (Å²) in [5.41, 5.74) is 2.11. The first-order valence-electron chi connectivity index (χ1n) is 10.2. The average Bonchev–Trinajstić information content (AvgIpc) is 2.71. The molecule has 1 N–H and O–H groups in total. The highest BCUT2D eigenvalue weighted by molar-refractivity contribution is 5.46. The van der Waals surface area contributed by atoms with Crippen molar-refractivity contribution in [2.75, 3.05) is 33.9 Å². The van der Waals surface area contributed by atoms with Crippen molar-refractivity contribution in [2.45, 2.75) is 39.8 Å². The molecule has 0 spiro atoms. The lowest BCUT2D eigenvalue weighted by molar-refractivity contribution is 0.0634. The van der Waals surface area contributed by atoms with E-state index < -0.39 is 6.10 Å². The second kappa shape index (κ2) is 11.7. The number of rotatable bonds is 12. The van der Waals surface area contributed by atoms with Gasteiger partial charge in [-0.3, -0.25) is 4.90 Å². The highest BCUT2D eigenvalue weighted by atomic mass is 16.5. The van der Waals surface area contributed by atoms with Crippen molar-refractivity contribution in [3.05, 3.63) is 53.6 Å². The lowest BCUT2D eigenvalue weighted by Crippen LogP contribution is -2.36. The molecule has 0 aliphatic rings. The summed E-state index contributed by atoms with van der Waals surface area (Å²) in [5.74, 6) is 2.87. The van der Waals surface area contributed by atoms with Gasteiger partial charge in [0.2, 0.25) is 0 Å². The highest BCUT2D eigenvalue weighted by Crippen LogP contribution is 2.31. The summed E-state index contributed by atoms with van der Waals surface area (Å²) in [6.07, 6.45) is 0.468. The molecule has 0 radical (unpaired) electrons. The van der Waals surface area contributed by atoms with Gasteiger partial charge in [0.05, 0.1) is 14.2 Å². The normalized spacial score (nSPS) is 12.3. The van der Waals surface area contributed by atoms with Crippen molar-refractivity contribution in [1.82, 2.24) is 4.90 Å². The molecule has 0 saturated carbocycles. The third-order valence-electron chi connectivity index (χ3n) is 4.89. The number of aliphatic hydroxyl groups is 1. The van der Waals surface area contributed by atoms with E-state index in [9.17, 15) is 5.11 Å². The van der Waals surface area contributed by atoms with Crippen LogP contribution in [0.15, 0.2) is 42.5 Å². The van der Waals surface area contributed by atoms with Gasteiger partial charge in [-0.25, -0.2) is 0 Å². The lowest BCUT2D eigenvalue weighted by Gasteiger charge is -2.27. The molecular formula is C24H35NO4. The van der Waals surface area contributed by atoms with Crippen LogP contribution >= 0.6 is 0 Å². The van der Waals surface area contributed by atoms with Gasteiger partial charge in [-0.15, -0.1) is 0 Å². The van der Waals surface area contributed by atoms with Crippen molar-refractivity contribution in [3.63, 3.8) is 0 Å². The molecule has 29 heavy (non-hydrogen) atoms. The second-order valence-corrected chi connectivity index (χ2v) is 7.80. The zero-order chi connectivity index (χ0) is 21.2. The van der Waals surface area contributed by atoms with Crippen molar-refractivity contribution >= 4 is 0 Å². The minimum absolute atomic E-state index is 0.262. The van der Waals surface area contributed by atoms with Crippen LogP contribution in [0, 0.1) is 12.8 Å². The zero-order valence-corrected chi connectivity index (χ0v) is 18.4. The number of hydrogen-bond donors (Lipinski definition) is 1. The summed E-state index contributed by atoms with van der Waals surface area (Å²) in [4.78, 5) is 2.25. The van der Waals surface area contributed by atoms with E-state index in [4.69, 9.17) is 14.2 Å². The van der Waals surface area contributed by atoms with Crippen LogP contribution in [0.4, 0.5) is 0 Å². The average molecular weight is 402 g/mol. The molecule has 2 aromatic rings. The molecule has 0 unspecified atom stereocenters. The molecule has 0 heterocycles. The number of ether oxygens (including phenoxy) is 3. The fourth-order valence-electron chi connectivity index (χ4n) is 3.25. The van der Waals surface area contributed by atoms with Crippen LogP contribution in [0.1, 0.15) is 31.4 Å². The summed E-state index contributed by atoms with van der Waals surface area (Å²) in [7, 11) is 3.30. The fraction of sp³-hybridized carbons (Fsp3) is 0.500. The largest absolute Gasteiger partial charge is 0.493 e. The van der Waals surface area contributed by atoms with Gasteiger partial charge in [0.15, 0.2) is 11.5 Å². The summed E-state index contributed by atoms with van der Waals surface area (Å²) in [5, 5.41) is 10.6. The lowest BCUT2D eigenvalue weighted by atomic mass is 10.1. The Morgan fingerprint density at radius 3 is 2.34 bits per heavy atom. The molecule has 0 aromatic heterocycles. The molecule has 0 aliphatic heterocycles. The van der Waals surface area contributed by atoms with E-state index in [0.717, 1.165) is 41.3 Å². The molecule has 0 bridgehead atoms. The standard InChI is InChI=1S/C24H35NO4/c1-18(2)13-14-25(15-20-10-8-12-23(27-4)24(20)28-5)16-21(26)17-29-22-11-7-6-9-19(22)3/h6-12,18,21,26H,13-17H2,1-5H3/t21-/m0/s1. The van der Waals surface area contributed by atoms with Crippen LogP contribution in [-0.4, -0.2) is 50.0 Å². The topological polar surface area (TPSA) is 51.2 Å². The Labute approximate surface area is 175 Å². The number of nitrogens with zero attached hydrogens (tertiary/aromatic N) is 1. The van der Waals surface area contributed by atoms with Crippen LogP contribution in [0.3, 0.4) is 0 Å². The molecule has 5 heteroatoms. The van der Waals surface area contributed by atoms with Crippen LogP contribution in [0.5, 0.6) is 17.2 Å². The van der Waals surface area contributed by atoms with Gasteiger partial charge >= 0.3 is 0 Å². The zero-order valence-electron chi connectivity index (χ0n) is 18.4. The molecule has 0 fully saturated rings. The van der Waals surface area contributed by atoms with E-state index in [-0.39, 0.29) is 6.61 Å². The van der Waals surface area contributed by atoms with E-state index >= 15 is 0 Å². The predicted molar refractivity (Wildman–Crippen MR) is 117 cm³/mol.